The van der Waals surface area contributed by atoms with Gasteiger partial charge in [0, 0.05) is 17.0 Å². The Morgan fingerprint density at radius 3 is 2.64 bits per heavy atom. The lowest BCUT2D eigenvalue weighted by Gasteiger charge is -2.17. The van der Waals surface area contributed by atoms with Gasteiger partial charge in [-0.2, -0.15) is 0 Å². The Morgan fingerprint density at radius 2 is 2.05 bits per heavy atom. The standard InChI is InChI=1S/C17H18N2O2S/c1-4-10-19(11-9-15(20)21)17-18-16(13(3)22-17)14-7-5-12(2)6-8-14/h1,5-8H,9-11H2,2-3H3,(H,20,21). The molecule has 4 nitrogen and oxygen atoms in total. The molecule has 0 aliphatic rings. The topological polar surface area (TPSA) is 53.4 Å². The van der Waals surface area contributed by atoms with E-state index in [4.69, 9.17) is 11.5 Å². The molecule has 0 aliphatic heterocycles. The van der Waals surface area contributed by atoms with Gasteiger partial charge in [-0.15, -0.1) is 17.8 Å². The van der Waals surface area contributed by atoms with Crippen molar-refractivity contribution in [3.63, 3.8) is 0 Å². The SMILES string of the molecule is C#CCN(CCC(=O)O)c1nc(-c2ccc(C)cc2)c(C)s1. The van der Waals surface area contributed by atoms with Gasteiger partial charge in [-0.1, -0.05) is 35.7 Å². The zero-order valence-corrected chi connectivity index (χ0v) is 13.5. The predicted molar refractivity (Wildman–Crippen MR) is 90.3 cm³/mol. The fourth-order valence-corrected chi connectivity index (χ4v) is 3.04. The van der Waals surface area contributed by atoms with Crippen molar-refractivity contribution in [1.82, 2.24) is 4.98 Å². The van der Waals surface area contributed by atoms with Crippen LogP contribution in [-0.4, -0.2) is 29.1 Å². The molecule has 0 bridgehead atoms. The van der Waals surface area contributed by atoms with Gasteiger partial charge in [0.1, 0.15) is 0 Å². The Labute approximate surface area is 134 Å². The van der Waals surface area contributed by atoms with Crippen LogP contribution in [0.25, 0.3) is 11.3 Å². The summed E-state index contributed by atoms with van der Waals surface area (Å²) in [4.78, 5) is 18.4. The second-order valence-corrected chi connectivity index (χ2v) is 6.22. The van der Waals surface area contributed by atoms with Crippen LogP contribution in [-0.2, 0) is 4.79 Å². The lowest BCUT2D eigenvalue weighted by atomic mass is 10.1. The summed E-state index contributed by atoms with van der Waals surface area (Å²) in [5, 5.41) is 9.62. The maximum Gasteiger partial charge on any atom is 0.305 e. The molecule has 0 amide bonds. The van der Waals surface area contributed by atoms with Crippen molar-refractivity contribution in [2.24, 2.45) is 0 Å². The number of thiazole rings is 1. The zero-order chi connectivity index (χ0) is 16.1. The molecule has 0 radical (unpaired) electrons. The molecule has 0 aliphatic carbocycles. The van der Waals surface area contributed by atoms with Crippen molar-refractivity contribution in [1.29, 1.82) is 0 Å². The molecule has 1 aromatic carbocycles. The number of hydrogen-bond donors (Lipinski definition) is 1. The van der Waals surface area contributed by atoms with Gasteiger partial charge in [-0.25, -0.2) is 4.98 Å². The van der Waals surface area contributed by atoms with Gasteiger partial charge in [-0.05, 0) is 13.8 Å². The molecule has 22 heavy (non-hydrogen) atoms. The number of rotatable bonds is 6. The molecule has 1 heterocycles. The molecule has 2 aromatic rings. The van der Waals surface area contributed by atoms with Crippen LogP contribution in [0.5, 0.6) is 0 Å². The molecule has 0 fully saturated rings. The Morgan fingerprint density at radius 1 is 1.36 bits per heavy atom. The highest BCUT2D eigenvalue weighted by atomic mass is 32.1. The van der Waals surface area contributed by atoms with Crippen LogP contribution in [0, 0.1) is 26.2 Å². The lowest BCUT2D eigenvalue weighted by molar-refractivity contribution is -0.136. The Balaban J connectivity index is 2.28. The highest BCUT2D eigenvalue weighted by molar-refractivity contribution is 7.16. The second kappa shape index (κ2) is 7.10. The minimum Gasteiger partial charge on any atom is -0.481 e. The molecule has 0 unspecified atom stereocenters. The number of carboxylic acids is 1. The summed E-state index contributed by atoms with van der Waals surface area (Å²) in [6, 6.07) is 8.20. The predicted octanol–water partition coefficient (Wildman–Crippen LogP) is 3.34. The highest BCUT2D eigenvalue weighted by Gasteiger charge is 2.15. The van der Waals surface area contributed by atoms with Crippen molar-refractivity contribution in [2.75, 3.05) is 18.0 Å². The van der Waals surface area contributed by atoms with Gasteiger partial charge >= 0.3 is 5.97 Å². The fourth-order valence-electron chi connectivity index (χ4n) is 2.08. The third kappa shape index (κ3) is 3.86. The molecule has 0 spiro atoms. The van der Waals surface area contributed by atoms with E-state index in [1.807, 2.05) is 30.9 Å². The first kappa shape index (κ1) is 16.1. The first-order valence-corrected chi connectivity index (χ1v) is 7.77. The van der Waals surface area contributed by atoms with E-state index in [1.165, 1.54) is 16.9 Å². The van der Waals surface area contributed by atoms with Crippen molar-refractivity contribution in [3.05, 3.63) is 34.7 Å². The van der Waals surface area contributed by atoms with Crippen LogP contribution in [0.15, 0.2) is 24.3 Å². The van der Waals surface area contributed by atoms with Crippen LogP contribution in [0.3, 0.4) is 0 Å². The molecular formula is C17H18N2O2S. The Kier molecular flexibility index (Phi) is 5.18. The number of terminal acetylenes is 1. The summed E-state index contributed by atoms with van der Waals surface area (Å²) in [6.45, 7) is 4.78. The molecule has 5 heteroatoms. The molecule has 1 N–H and O–H groups in total. The summed E-state index contributed by atoms with van der Waals surface area (Å²) in [5.74, 6) is 1.73. The first-order chi connectivity index (χ1) is 10.5. The summed E-state index contributed by atoms with van der Waals surface area (Å²) >= 11 is 1.54. The van der Waals surface area contributed by atoms with Crippen LogP contribution in [0.4, 0.5) is 5.13 Å². The largest absolute Gasteiger partial charge is 0.481 e. The monoisotopic (exact) mass is 314 g/mol. The van der Waals surface area contributed by atoms with Crippen molar-refractivity contribution in [3.8, 4) is 23.6 Å². The van der Waals surface area contributed by atoms with Crippen LogP contribution >= 0.6 is 11.3 Å². The van der Waals surface area contributed by atoms with E-state index in [1.54, 1.807) is 0 Å². The van der Waals surface area contributed by atoms with Gasteiger partial charge in [-0.3, -0.25) is 4.79 Å². The van der Waals surface area contributed by atoms with E-state index in [0.29, 0.717) is 13.1 Å². The summed E-state index contributed by atoms with van der Waals surface area (Å²) in [6.07, 6.45) is 5.43. The number of nitrogens with zero attached hydrogens (tertiary/aromatic N) is 2. The lowest BCUT2D eigenvalue weighted by Crippen LogP contribution is -2.26. The van der Waals surface area contributed by atoms with E-state index in [0.717, 1.165) is 21.3 Å². The molecule has 2 rings (SSSR count). The first-order valence-electron chi connectivity index (χ1n) is 6.96. The van der Waals surface area contributed by atoms with Crippen LogP contribution in [0.1, 0.15) is 16.9 Å². The maximum atomic E-state index is 10.8. The molecular weight excluding hydrogens is 296 g/mol. The highest BCUT2D eigenvalue weighted by Crippen LogP contribution is 2.32. The number of carboxylic acid groups (broad SMARTS) is 1. The quantitative estimate of drug-likeness (QED) is 0.831. The van der Waals surface area contributed by atoms with Gasteiger partial charge in [0.05, 0.1) is 18.7 Å². The molecule has 0 atom stereocenters. The number of aromatic nitrogens is 1. The Bertz CT molecular complexity index is 698. The fraction of sp³-hybridized carbons (Fsp3) is 0.294. The average molecular weight is 314 g/mol. The molecule has 0 saturated carbocycles. The minimum absolute atomic E-state index is 0.0418. The van der Waals surface area contributed by atoms with E-state index < -0.39 is 5.97 Å². The van der Waals surface area contributed by atoms with Crippen molar-refractivity contribution in [2.45, 2.75) is 20.3 Å². The Hall–Kier alpha value is -2.32. The number of benzene rings is 1. The maximum absolute atomic E-state index is 10.8. The number of anilines is 1. The molecule has 0 saturated heterocycles. The summed E-state index contributed by atoms with van der Waals surface area (Å²) < 4.78 is 0. The van der Waals surface area contributed by atoms with Crippen molar-refractivity contribution < 1.29 is 9.90 Å². The number of aryl methyl sites for hydroxylation is 2. The van der Waals surface area contributed by atoms with Gasteiger partial charge in [0.2, 0.25) is 0 Å². The van der Waals surface area contributed by atoms with Gasteiger partial charge < -0.3 is 10.0 Å². The van der Waals surface area contributed by atoms with Crippen LogP contribution < -0.4 is 4.90 Å². The number of hydrogen-bond acceptors (Lipinski definition) is 4. The van der Waals surface area contributed by atoms with Gasteiger partial charge in [0.25, 0.3) is 0 Å². The smallest absolute Gasteiger partial charge is 0.305 e. The molecule has 114 valence electrons. The van der Waals surface area contributed by atoms with Crippen LogP contribution in [0.2, 0.25) is 0 Å². The summed E-state index contributed by atoms with van der Waals surface area (Å²) in [5.41, 5.74) is 3.19. The second-order valence-electron chi connectivity index (χ2n) is 5.04. The minimum atomic E-state index is -0.839. The normalized spacial score (nSPS) is 10.2. The molecule has 1 aromatic heterocycles. The zero-order valence-electron chi connectivity index (χ0n) is 12.7. The third-order valence-electron chi connectivity index (χ3n) is 3.26. The summed E-state index contributed by atoms with van der Waals surface area (Å²) in [7, 11) is 0. The van der Waals surface area contributed by atoms with E-state index >= 15 is 0 Å². The number of carbonyl (C=O) groups is 1. The van der Waals surface area contributed by atoms with E-state index in [2.05, 4.69) is 23.0 Å². The van der Waals surface area contributed by atoms with Crippen molar-refractivity contribution >= 4 is 22.4 Å². The van der Waals surface area contributed by atoms with E-state index in [-0.39, 0.29) is 6.42 Å². The third-order valence-corrected chi connectivity index (χ3v) is 4.29. The number of aliphatic carboxylic acids is 1. The average Bonchev–Trinajstić information content (AvgIpc) is 2.86. The van der Waals surface area contributed by atoms with E-state index in [9.17, 15) is 4.79 Å². The van der Waals surface area contributed by atoms with Gasteiger partial charge in [0.15, 0.2) is 5.13 Å².